The molecule has 1 aromatic rings. The molecule has 3 heterocycles. The van der Waals surface area contributed by atoms with E-state index in [-0.39, 0.29) is 0 Å². The number of fused-ring (bicyclic) bond motifs is 1. The minimum atomic E-state index is 0.582. The van der Waals surface area contributed by atoms with Crippen LogP contribution in [0.15, 0.2) is 6.33 Å². The van der Waals surface area contributed by atoms with E-state index < -0.39 is 0 Å². The fraction of sp³-hybridized carbons (Fsp3) is 0.857. The maximum absolute atomic E-state index is 4.28. The summed E-state index contributed by atoms with van der Waals surface area (Å²) in [6, 6.07) is 0.582. The van der Waals surface area contributed by atoms with Crippen molar-refractivity contribution in [2.24, 2.45) is 5.92 Å². The van der Waals surface area contributed by atoms with Crippen molar-refractivity contribution in [2.45, 2.75) is 45.2 Å². The molecule has 1 unspecified atom stereocenters. The average molecular weight is 263 g/mol. The number of hydrogen-bond acceptors (Lipinski definition) is 4. The fourth-order valence-electron chi connectivity index (χ4n) is 3.24. The van der Waals surface area contributed by atoms with Crippen LogP contribution < -0.4 is 5.32 Å². The molecule has 1 saturated heterocycles. The average Bonchev–Trinajstić information content (AvgIpc) is 2.93. The van der Waals surface area contributed by atoms with Gasteiger partial charge in [0.15, 0.2) is 0 Å². The van der Waals surface area contributed by atoms with Gasteiger partial charge in [-0.3, -0.25) is 0 Å². The Hall–Kier alpha value is -0.940. The predicted molar refractivity (Wildman–Crippen MR) is 75.0 cm³/mol. The number of nitrogens with one attached hydrogen (secondary N) is 1. The minimum Gasteiger partial charge on any atom is -0.312 e. The van der Waals surface area contributed by atoms with Crippen molar-refractivity contribution in [3.05, 3.63) is 12.2 Å². The highest BCUT2D eigenvalue weighted by Gasteiger charge is 2.22. The van der Waals surface area contributed by atoms with E-state index in [2.05, 4.69) is 31.9 Å². The molecule has 5 heteroatoms. The number of nitrogens with zero attached hydrogens (tertiary/aromatic N) is 4. The van der Waals surface area contributed by atoms with Gasteiger partial charge in [0.1, 0.15) is 12.2 Å². The van der Waals surface area contributed by atoms with E-state index in [9.17, 15) is 0 Å². The third kappa shape index (κ3) is 3.15. The Bertz CT molecular complexity index is 394. The van der Waals surface area contributed by atoms with Gasteiger partial charge in [0.25, 0.3) is 0 Å². The van der Waals surface area contributed by atoms with Crippen LogP contribution in [0.5, 0.6) is 0 Å². The van der Waals surface area contributed by atoms with Gasteiger partial charge in [-0.1, -0.05) is 6.92 Å². The maximum Gasteiger partial charge on any atom is 0.138 e. The van der Waals surface area contributed by atoms with E-state index in [0.29, 0.717) is 6.04 Å². The topological polar surface area (TPSA) is 46.0 Å². The van der Waals surface area contributed by atoms with Crippen molar-refractivity contribution >= 4 is 0 Å². The molecule has 1 N–H and O–H groups in total. The second-order valence-electron chi connectivity index (χ2n) is 5.88. The quantitative estimate of drug-likeness (QED) is 0.877. The standard InChI is InChI=1S/C14H25N5/c1-2-18-7-5-12(6-8-18)9-15-13-3-4-14-16-11-17-19(14)10-13/h11-13,15H,2-10H2,1H3. The molecule has 0 aliphatic carbocycles. The smallest absolute Gasteiger partial charge is 0.138 e. The van der Waals surface area contributed by atoms with Crippen molar-refractivity contribution in [3.8, 4) is 0 Å². The molecule has 2 aliphatic rings. The van der Waals surface area contributed by atoms with Crippen molar-refractivity contribution in [3.63, 3.8) is 0 Å². The van der Waals surface area contributed by atoms with Crippen LogP contribution in [0.25, 0.3) is 0 Å². The van der Waals surface area contributed by atoms with Crippen molar-refractivity contribution in [1.29, 1.82) is 0 Å². The molecule has 0 amide bonds. The molecule has 2 aliphatic heterocycles. The lowest BCUT2D eigenvalue weighted by Crippen LogP contribution is -2.43. The third-order valence-electron chi connectivity index (χ3n) is 4.66. The van der Waals surface area contributed by atoms with Gasteiger partial charge >= 0.3 is 0 Å². The van der Waals surface area contributed by atoms with Crippen LogP contribution in [0.2, 0.25) is 0 Å². The lowest BCUT2D eigenvalue weighted by atomic mass is 9.96. The second kappa shape index (κ2) is 6.01. The summed E-state index contributed by atoms with van der Waals surface area (Å²) in [5.74, 6) is 2.01. The molecular formula is C14H25N5. The molecule has 1 aromatic heterocycles. The first-order valence-corrected chi connectivity index (χ1v) is 7.67. The van der Waals surface area contributed by atoms with E-state index in [4.69, 9.17) is 0 Å². The number of piperidine rings is 1. The van der Waals surface area contributed by atoms with Crippen LogP contribution >= 0.6 is 0 Å². The molecule has 1 atom stereocenters. The molecule has 3 rings (SSSR count). The number of aromatic nitrogens is 3. The molecule has 0 bridgehead atoms. The van der Waals surface area contributed by atoms with Gasteiger partial charge < -0.3 is 10.2 Å². The van der Waals surface area contributed by atoms with Crippen molar-refractivity contribution in [2.75, 3.05) is 26.2 Å². The van der Waals surface area contributed by atoms with Crippen LogP contribution in [0.3, 0.4) is 0 Å². The molecule has 5 nitrogen and oxygen atoms in total. The number of aryl methyl sites for hydroxylation is 1. The number of rotatable bonds is 4. The molecule has 19 heavy (non-hydrogen) atoms. The van der Waals surface area contributed by atoms with E-state index in [1.165, 1.54) is 45.4 Å². The summed E-state index contributed by atoms with van der Waals surface area (Å²) >= 11 is 0. The number of hydrogen-bond donors (Lipinski definition) is 1. The summed E-state index contributed by atoms with van der Waals surface area (Å²) < 4.78 is 2.06. The fourth-order valence-corrected chi connectivity index (χ4v) is 3.24. The lowest BCUT2D eigenvalue weighted by Gasteiger charge is -2.32. The molecule has 0 radical (unpaired) electrons. The van der Waals surface area contributed by atoms with Gasteiger partial charge in [0.05, 0.1) is 6.54 Å². The SMILES string of the molecule is CCN1CCC(CNC2CCc3ncnn3C2)CC1. The Labute approximate surface area is 115 Å². The Morgan fingerprint density at radius 1 is 1.32 bits per heavy atom. The van der Waals surface area contributed by atoms with Gasteiger partial charge in [-0.05, 0) is 51.4 Å². The largest absolute Gasteiger partial charge is 0.312 e. The highest BCUT2D eigenvalue weighted by atomic mass is 15.3. The van der Waals surface area contributed by atoms with Crippen LogP contribution in [0.1, 0.15) is 32.0 Å². The Morgan fingerprint density at radius 2 is 2.16 bits per heavy atom. The van der Waals surface area contributed by atoms with E-state index >= 15 is 0 Å². The zero-order valence-corrected chi connectivity index (χ0v) is 11.9. The van der Waals surface area contributed by atoms with Gasteiger partial charge in [-0.25, -0.2) is 9.67 Å². The van der Waals surface area contributed by atoms with Gasteiger partial charge in [-0.15, -0.1) is 0 Å². The molecular weight excluding hydrogens is 238 g/mol. The first-order valence-electron chi connectivity index (χ1n) is 7.67. The van der Waals surface area contributed by atoms with E-state index in [0.717, 1.165) is 24.7 Å². The van der Waals surface area contributed by atoms with Gasteiger partial charge in [-0.2, -0.15) is 5.10 Å². The molecule has 106 valence electrons. The summed E-state index contributed by atoms with van der Waals surface area (Å²) in [7, 11) is 0. The summed E-state index contributed by atoms with van der Waals surface area (Å²) in [4.78, 5) is 6.83. The highest BCUT2D eigenvalue weighted by Crippen LogP contribution is 2.17. The first-order chi connectivity index (χ1) is 9.35. The van der Waals surface area contributed by atoms with Crippen LogP contribution in [0.4, 0.5) is 0 Å². The molecule has 0 saturated carbocycles. The monoisotopic (exact) mass is 263 g/mol. The summed E-state index contributed by atoms with van der Waals surface area (Å²) in [5, 5.41) is 8.03. The lowest BCUT2D eigenvalue weighted by molar-refractivity contribution is 0.184. The predicted octanol–water partition coefficient (Wildman–Crippen LogP) is 0.914. The Kier molecular flexibility index (Phi) is 4.13. The van der Waals surface area contributed by atoms with Crippen molar-refractivity contribution in [1.82, 2.24) is 25.0 Å². The number of likely N-dealkylation sites (tertiary alicyclic amines) is 1. The second-order valence-corrected chi connectivity index (χ2v) is 5.88. The van der Waals surface area contributed by atoms with Crippen LogP contribution in [0, 0.1) is 5.92 Å². The first kappa shape index (κ1) is 13.1. The summed E-state index contributed by atoms with van der Waals surface area (Å²) in [5.41, 5.74) is 0. The molecule has 0 aromatic carbocycles. The van der Waals surface area contributed by atoms with Crippen molar-refractivity contribution < 1.29 is 0 Å². The molecule has 0 spiro atoms. The maximum atomic E-state index is 4.28. The van der Waals surface area contributed by atoms with E-state index in [1.54, 1.807) is 6.33 Å². The van der Waals surface area contributed by atoms with Crippen LogP contribution in [-0.2, 0) is 13.0 Å². The summed E-state index contributed by atoms with van der Waals surface area (Å²) in [6.07, 6.45) is 6.64. The normalized spacial score (nSPS) is 25.4. The van der Waals surface area contributed by atoms with Crippen LogP contribution in [-0.4, -0.2) is 51.9 Å². The van der Waals surface area contributed by atoms with E-state index in [1.807, 2.05) is 0 Å². The third-order valence-corrected chi connectivity index (χ3v) is 4.66. The summed E-state index contributed by atoms with van der Waals surface area (Å²) in [6.45, 7) is 8.19. The Balaban J connectivity index is 1.42. The van der Waals surface area contributed by atoms with Gasteiger partial charge in [0.2, 0.25) is 0 Å². The minimum absolute atomic E-state index is 0.582. The highest BCUT2D eigenvalue weighted by molar-refractivity contribution is 4.92. The zero-order valence-electron chi connectivity index (χ0n) is 11.9. The molecule has 1 fully saturated rings. The Morgan fingerprint density at radius 3 is 2.95 bits per heavy atom. The zero-order chi connectivity index (χ0) is 13.1. The van der Waals surface area contributed by atoms with Gasteiger partial charge in [0, 0.05) is 12.5 Å².